The predicted molar refractivity (Wildman–Crippen MR) is 203 cm³/mol. The van der Waals surface area contributed by atoms with Crippen molar-refractivity contribution in [3.8, 4) is 39.9 Å². The lowest BCUT2D eigenvalue weighted by molar-refractivity contribution is 0.955. The third kappa shape index (κ3) is 4.35. The summed E-state index contributed by atoms with van der Waals surface area (Å²) in [7, 11) is 0. The molecule has 228 valence electrons. The smallest absolute Gasteiger partial charge is 0.238 e. The highest BCUT2D eigenvalue weighted by atomic mass is 15.2. The number of rotatable bonds is 4. The molecule has 8 aromatic carbocycles. The molecule has 0 saturated heterocycles. The van der Waals surface area contributed by atoms with Gasteiger partial charge in [0.25, 0.3) is 0 Å². The lowest BCUT2D eigenvalue weighted by atomic mass is 9.93. The van der Waals surface area contributed by atoms with E-state index in [-0.39, 0.29) is 0 Å². The Kier molecular flexibility index (Phi) is 6.15. The van der Waals surface area contributed by atoms with E-state index in [4.69, 9.17) is 15.0 Å². The van der Waals surface area contributed by atoms with Crippen LogP contribution in [0.25, 0.3) is 94.0 Å². The number of hydrogen-bond donors (Lipinski definition) is 0. The molecule has 0 radical (unpaired) electrons. The number of para-hydroxylation sites is 1. The van der Waals surface area contributed by atoms with Gasteiger partial charge < -0.3 is 0 Å². The fraction of sp³-hybridized carbons (Fsp3) is 0. The van der Waals surface area contributed by atoms with E-state index in [0.29, 0.717) is 17.6 Å². The van der Waals surface area contributed by atoms with Crippen molar-refractivity contribution in [3.05, 3.63) is 170 Å². The summed E-state index contributed by atoms with van der Waals surface area (Å²) >= 11 is 0. The monoisotopic (exact) mass is 624 g/mol. The Morgan fingerprint density at radius 1 is 0.327 bits per heavy atom. The van der Waals surface area contributed by atoms with E-state index < -0.39 is 0 Å². The third-order valence-electron chi connectivity index (χ3n) is 9.63. The SMILES string of the molecule is c1ccc(-c2ccc(-c3nc(-c4ccccc4)nc(-n4c5ccccc5c5c6c7ccccc7ccc6c6ccccc6c54)n3)cc2)cc1. The van der Waals surface area contributed by atoms with Gasteiger partial charge in [-0.25, -0.2) is 4.98 Å². The Balaban J connectivity index is 1.32. The molecule has 0 aliphatic rings. The minimum absolute atomic E-state index is 0.590. The van der Waals surface area contributed by atoms with Gasteiger partial charge >= 0.3 is 0 Å². The first-order valence-corrected chi connectivity index (χ1v) is 16.5. The van der Waals surface area contributed by atoms with Crippen LogP contribution < -0.4 is 0 Å². The molecule has 0 amide bonds. The Hall–Kier alpha value is -6.65. The van der Waals surface area contributed by atoms with Crippen molar-refractivity contribution in [2.75, 3.05) is 0 Å². The molecule has 10 aromatic rings. The molecule has 0 atom stereocenters. The fourth-order valence-electron chi connectivity index (χ4n) is 7.40. The van der Waals surface area contributed by atoms with Crippen molar-refractivity contribution in [1.82, 2.24) is 19.5 Å². The first-order valence-electron chi connectivity index (χ1n) is 16.5. The molecule has 2 aromatic heterocycles. The lowest BCUT2D eigenvalue weighted by Crippen LogP contribution is -2.06. The summed E-state index contributed by atoms with van der Waals surface area (Å²) in [6.07, 6.45) is 0. The van der Waals surface area contributed by atoms with Crippen LogP contribution in [0.5, 0.6) is 0 Å². The number of aromatic nitrogens is 4. The van der Waals surface area contributed by atoms with Gasteiger partial charge in [0, 0.05) is 32.7 Å². The molecule has 2 heterocycles. The van der Waals surface area contributed by atoms with Crippen molar-refractivity contribution in [3.63, 3.8) is 0 Å². The van der Waals surface area contributed by atoms with Gasteiger partial charge in [-0.15, -0.1) is 0 Å². The molecule has 4 heteroatoms. The van der Waals surface area contributed by atoms with Crippen LogP contribution in [0, 0.1) is 0 Å². The first-order chi connectivity index (χ1) is 24.3. The van der Waals surface area contributed by atoms with Gasteiger partial charge in [0.1, 0.15) is 0 Å². The van der Waals surface area contributed by atoms with E-state index in [1.807, 2.05) is 24.3 Å². The highest BCUT2D eigenvalue weighted by Gasteiger charge is 2.22. The molecule has 0 spiro atoms. The molecule has 49 heavy (non-hydrogen) atoms. The van der Waals surface area contributed by atoms with Gasteiger partial charge in [-0.2, -0.15) is 9.97 Å². The summed E-state index contributed by atoms with van der Waals surface area (Å²) in [6, 6.07) is 59.7. The summed E-state index contributed by atoms with van der Waals surface area (Å²) in [5.41, 5.74) is 6.34. The molecule has 0 aliphatic carbocycles. The van der Waals surface area contributed by atoms with Crippen molar-refractivity contribution in [2.24, 2.45) is 0 Å². The Bertz CT molecular complexity index is 2860. The van der Waals surface area contributed by atoms with Crippen molar-refractivity contribution >= 4 is 54.1 Å². The number of hydrogen-bond acceptors (Lipinski definition) is 3. The van der Waals surface area contributed by atoms with Gasteiger partial charge in [-0.1, -0.05) is 164 Å². The standard InChI is InChI=1S/C45H28N4/c1-3-13-29(14-4-1)30-23-25-33(26-24-30)44-46-43(32-16-5-2-6-17-32)47-45(48-44)49-39-22-12-11-21-38(39)41-40-34-18-8-7-15-31(34)27-28-36(40)35-19-9-10-20-37(35)42(41)49/h1-28H. The van der Waals surface area contributed by atoms with Gasteiger partial charge in [-0.05, 0) is 38.7 Å². The zero-order valence-electron chi connectivity index (χ0n) is 26.5. The van der Waals surface area contributed by atoms with Gasteiger partial charge in [0.05, 0.1) is 11.0 Å². The van der Waals surface area contributed by atoms with E-state index >= 15 is 0 Å². The van der Waals surface area contributed by atoms with E-state index in [9.17, 15) is 0 Å². The molecule has 0 unspecified atom stereocenters. The molecule has 10 rings (SSSR count). The largest absolute Gasteiger partial charge is 0.277 e. The minimum Gasteiger partial charge on any atom is -0.277 e. The van der Waals surface area contributed by atoms with Crippen LogP contribution in [0.4, 0.5) is 0 Å². The first kappa shape index (κ1) is 27.5. The summed E-state index contributed by atoms with van der Waals surface area (Å²) in [4.78, 5) is 15.6. The van der Waals surface area contributed by atoms with Crippen LogP contribution in [-0.4, -0.2) is 19.5 Å². The van der Waals surface area contributed by atoms with Gasteiger partial charge in [-0.3, -0.25) is 4.57 Å². The van der Waals surface area contributed by atoms with Crippen LogP contribution in [-0.2, 0) is 0 Å². The van der Waals surface area contributed by atoms with Crippen molar-refractivity contribution < 1.29 is 0 Å². The number of fused-ring (bicyclic) bond motifs is 10. The maximum absolute atomic E-state index is 5.26. The summed E-state index contributed by atoms with van der Waals surface area (Å²) in [5, 5.41) is 9.67. The van der Waals surface area contributed by atoms with Crippen LogP contribution in [0.3, 0.4) is 0 Å². The number of nitrogens with zero attached hydrogens (tertiary/aromatic N) is 4. The third-order valence-corrected chi connectivity index (χ3v) is 9.63. The molecule has 0 aliphatic heterocycles. The molecule has 0 bridgehead atoms. The minimum atomic E-state index is 0.590. The van der Waals surface area contributed by atoms with E-state index in [1.54, 1.807) is 0 Å². The second-order valence-electron chi connectivity index (χ2n) is 12.4. The molecule has 0 saturated carbocycles. The van der Waals surface area contributed by atoms with Crippen LogP contribution in [0.2, 0.25) is 0 Å². The Labute approximate surface area is 282 Å². The molecule has 4 nitrogen and oxygen atoms in total. The lowest BCUT2D eigenvalue weighted by Gasteiger charge is -2.14. The van der Waals surface area contributed by atoms with Crippen molar-refractivity contribution in [2.45, 2.75) is 0 Å². The molecular formula is C45H28N4. The average Bonchev–Trinajstić information content (AvgIpc) is 3.54. The summed E-state index contributed by atoms with van der Waals surface area (Å²) in [6.45, 7) is 0. The van der Waals surface area contributed by atoms with Crippen LogP contribution >= 0.6 is 0 Å². The topological polar surface area (TPSA) is 43.6 Å². The zero-order chi connectivity index (χ0) is 32.3. The maximum Gasteiger partial charge on any atom is 0.238 e. The zero-order valence-corrected chi connectivity index (χ0v) is 26.5. The van der Waals surface area contributed by atoms with Crippen molar-refractivity contribution in [1.29, 1.82) is 0 Å². The average molecular weight is 625 g/mol. The Morgan fingerprint density at radius 2 is 0.857 bits per heavy atom. The van der Waals surface area contributed by atoms with Gasteiger partial charge in [0.15, 0.2) is 11.6 Å². The second kappa shape index (κ2) is 11.0. The quantitative estimate of drug-likeness (QED) is 0.183. The van der Waals surface area contributed by atoms with Crippen LogP contribution in [0.1, 0.15) is 0 Å². The van der Waals surface area contributed by atoms with Crippen LogP contribution in [0.15, 0.2) is 170 Å². The second-order valence-corrected chi connectivity index (χ2v) is 12.4. The summed E-state index contributed by atoms with van der Waals surface area (Å²) < 4.78 is 2.25. The normalized spacial score (nSPS) is 11.7. The highest BCUT2D eigenvalue weighted by Crippen LogP contribution is 2.44. The summed E-state index contributed by atoms with van der Waals surface area (Å²) in [5.74, 6) is 1.85. The predicted octanol–water partition coefficient (Wildman–Crippen LogP) is 11.4. The van der Waals surface area contributed by atoms with E-state index in [0.717, 1.165) is 33.1 Å². The molecule has 0 N–H and O–H groups in total. The Morgan fingerprint density at radius 3 is 1.59 bits per heavy atom. The highest BCUT2D eigenvalue weighted by molar-refractivity contribution is 6.36. The number of benzene rings is 8. The van der Waals surface area contributed by atoms with Gasteiger partial charge in [0.2, 0.25) is 5.95 Å². The van der Waals surface area contributed by atoms with E-state index in [1.165, 1.54) is 43.3 Å². The fourth-order valence-corrected chi connectivity index (χ4v) is 7.40. The van der Waals surface area contributed by atoms with E-state index in [2.05, 4.69) is 150 Å². The molecule has 0 fully saturated rings. The maximum atomic E-state index is 5.26. The molecular weight excluding hydrogens is 597 g/mol.